The van der Waals surface area contributed by atoms with Crippen LogP contribution >= 0.6 is 7.60 Å². The van der Waals surface area contributed by atoms with Gasteiger partial charge in [0.25, 0.3) is 0 Å². The third kappa shape index (κ3) is 16.2. The second-order valence-corrected chi connectivity index (χ2v) is 11.3. The summed E-state index contributed by atoms with van der Waals surface area (Å²) < 4.78 is 18.3. The predicted octanol–water partition coefficient (Wildman–Crippen LogP) is 7.67. The molecule has 0 aromatic heterocycles. The first-order valence-electron chi connectivity index (χ1n) is 12.2. The van der Waals surface area contributed by atoms with Gasteiger partial charge >= 0.3 is 7.60 Å². The van der Waals surface area contributed by atoms with Gasteiger partial charge in [-0.2, -0.15) is 0 Å². The number of rotatable bonds is 20. The quantitative estimate of drug-likeness (QED) is 0.0929. The lowest BCUT2D eigenvalue weighted by molar-refractivity contribution is -0.883. The molecule has 0 aliphatic carbocycles. The molecule has 0 aromatic carbocycles. The Morgan fingerprint density at radius 2 is 1.24 bits per heavy atom. The molecule has 0 aliphatic heterocycles. The molecule has 174 valence electrons. The van der Waals surface area contributed by atoms with Crippen LogP contribution in [-0.4, -0.2) is 42.9 Å². The van der Waals surface area contributed by atoms with Crippen molar-refractivity contribution in [3.05, 3.63) is 12.2 Å². The van der Waals surface area contributed by atoms with Crippen molar-refractivity contribution in [2.24, 2.45) is 0 Å². The first kappa shape index (κ1) is 28.9. The Morgan fingerprint density at radius 1 is 0.793 bits per heavy atom. The molecule has 0 amide bonds. The topological polar surface area (TPSA) is 46.5 Å². The van der Waals surface area contributed by atoms with E-state index in [1.165, 1.54) is 77.0 Å². The normalized spacial score (nSPS) is 15.7. The highest BCUT2D eigenvalue weighted by atomic mass is 31.2. The van der Waals surface area contributed by atoms with E-state index in [0.29, 0.717) is 17.5 Å². The van der Waals surface area contributed by atoms with E-state index in [0.717, 1.165) is 12.8 Å². The molecule has 29 heavy (non-hydrogen) atoms. The maximum absolute atomic E-state index is 12.5. The Hall–Kier alpha value is -0.150. The fraction of sp³-hybridized carbons (Fsp3) is 0.917. The molecular formula is C24H51NO3P+. The highest BCUT2D eigenvalue weighted by Crippen LogP contribution is 2.51. The van der Waals surface area contributed by atoms with Crippen LogP contribution in [0.25, 0.3) is 0 Å². The molecule has 0 aliphatic rings. The molecule has 1 N–H and O–H groups in total. The average Bonchev–Trinajstić information content (AvgIpc) is 2.63. The molecule has 0 saturated heterocycles. The van der Waals surface area contributed by atoms with Gasteiger partial charge in [-0.3, -0.25) is 4.57 Å². The largest absolute Gasteiger partial charge is 0.385 e. The van der Waals surface area contributed by atoms with Crippen LogP contribution < -0.4 is 0 Å². The van der Waals surface area contributed by atoms with Crippen molar-refractivity contribution in [1.29, 1.82) is 0 Å². The van der Waals surface area contributed by atoms with E-state index in [4.69, 9.17) is 4.52 Å². The summed E-state index contributed by atoms with van der Waals surface area (Å²) in [5.41, 5.74) is 0. The van der Waals surface area contributed by atoms with Crippen LogP contribution in [0.3, 0.4) is 0 Å². The number of allylic oxidation sites excluding steroid dienone is 2. The van der Waals surface area contributed by atoms with E-state index in [1.54, 1.807) is 0 Å². The molecule has 0 heterocycles. The van der Waals surface area contributed by atoms with Gasteiger partial charge in [-0.15, -0.1) is 0 Å². The third-order valence-corrected chi connectivity index (χ3v) is 7.91. The predicted molar refractivity (Wildman–Crippen MR) is 127 cm³/mol. The van der Waals surface area contributed by atoms with Gasteiger partial charge in [0, 0.05) is 6.42 Å². The van der Waals surface area contributed by atoms with Crippen LogP contribution in [-0.2, 0) is 9.09 Å². The standard InChI is InChI=1S/C24H50NO3P/c1-6-8-9-10-11-12-13-14-15-16-17-18-19-20-21-22-23-28-29(26,27)24(7-2)25(3,4)5/h9-10,24H,6-8,11-23H2,1-5H3/p+1. The number of nitrogens with zero attached hydrogens (tertiary/aromatic N) is 1. The molecule has 2 atom stereocenters. The zero-order valence-corrected chi connectivity index (χ0v) is 21.1. The van der Waals surface area contributed by atoms with Gasteiger partial charge in [0.05, 0.1) is 27.7 Å². The van der Waals surface area contributed by atoms with E-state index in [2.05, 4.69) is 19.1 Å². The summed E-state index contributed by atoms with van der Waals surface area (Å²) in [5, 5.41) is 0. The van der Waals surface area contributed by atoms with Crippen molar-refractivity contribution in [2.45, 2.75) is 116 Å². The summed E-state index contributed by atoms with van der Waals surface area (Å²) in [6, 6.07) is 0. The van der Waals surface area contributed by atoms with Crippen molar-refractivity contribution in [3.63, 3.8) is 0 Å². The minimum atomic E-state index is -3.55. The second kappa shape index (κ2) is 17.5. The monoisotopic (exact) mass is 432 g/mol. The maximum atomic E-state index is 12.5. The Balaban J connectivity index is 3.49. The minimum Gasteiger partial charge on any atom is -0.320 e. The second-order valence-electron chi connectivity index (χ2n) is 9.34. The van der Waals surface area contributed by atoms with Crippen molar-refractivity contribution >= 4 is 7.60 Å². The van der Waals surface area contributed by atoms with Crippen molar-refractivity contribution in [3.8, 4) is 0 Å². The maximum Gasteiger partial charge on any atom is 0.385 e. The number of hydrogen-bond donors (Lipinski definition) is 1. The first-order valence-corrected chi connectivity index (χ1v) is 13.8. The van der Waals surface area contributed by atoms with E-state index in [9.17, 15) is 9.46 Å². The van der Waals surface area contributed by atoms with Crippen molar-refractivity contribution in [1.82, 2.24) is 0 Å². The SMILES string of the molecule is CCCC=CCCCCCCCCCCCCCOP(=O)(O)C(CC)[N+](C)(C)C. The van der Waals surface area contributed by atoms with Crippen LogP contribution in [0.1, 0.15) is 110 Å². The smallest absolute Gasteiger partial charge is 0.320 e. The van der Waals surface area contributed by atoms with Gasteiger partial charge in [0.15, 0.2) is 5.78 Å². The lowest BCUT2D eigenvalue weighted by Gasteiger charge is -2.35. The minimum absolute atomic E-state index is 0.347. The summed E-state index contributed by atoms with van der Waals surface area (Å²) in [4.78, 5) is 10.2. The molecule has 0 bridgehead atoms. The van der Waals surface area contributed by atoms with Crippen molar-refractivity contribution in [2.75, 3.05) is 27.7 Å². The van der Waals surface area contributed by atoms with Gasteiger partial charge in [0.2, 0.25) is 0 Å². The van der Waals surface area contributed by atoms with Crippen molar-refractivity contribution < 1.29 is 18.5 Å². The molecule has 0 saturated carbocycles. The molecule has 0 spiro atoms. The summed E-state index contributed by atoms with van der Waals surface area (Å²) in [7, 11) is 2.31. The van der Waals surface area contributed by atoms with E-state index >= 15 is 0 Å². The van der Waals surface area contributed by atoms with Gasteiger partial charge < -0.3 is 13.9 Å². The van der Waals surface area contributed by atoms with Gasteiger partial charge in [-0.05, 0) is 25.7 Å². The molecule has 5 heteroatoms. The molecular weight excluding hydrogens is 381 g/mol. The number of hydrogen-bond acceptors (Lipinski definition) is 2. The van der Waals surface area contributed by atoms with Crippen LogP contribution in [0.4, 0.5) is 0 Å². The fourth-order valence-electron chi connectivity index (χ4n) is 3.86. The van der Waals surface area contributed by atoms with Crippen LogP contribution in [0.15, 0.2) is 12.2 Å². The third-order valence-electron chi connectivity index (χ3n) is 5.55. The summed E-state index contributed by atoms with van der Waals surface area (Å²) >= 11 is 0. The van der Waals surface area contributed by atoms with Crippen LogP contribution in [0, 0.1) is 0 Å². The van der Waals surface area contributed by atoms with E-state index in [-0.39, 0.29) is 5.78 Å². The first-order chi connectivity index (χ1) is 13.8. The Morgan fingerprint density at radius 3 is 1.69 bits per heavy atom. The Labute approximate surface area is 182 Å². The summed E-state index contributed by atoms with van der Waals surface area (Å²) in [5.74, 6) is -0.347. The summed E-state index contributed by atoms with van der Waals surface area (Å²) in [6.45, 7) is 4.58. The molecule has 4 nitrogen and oxygen atoms in total. The number of quaternary nitrogens is 1. The van der Waals surface area contributed by atoms with Crippen LogP contribution in [0.2, 0.25) is 0 Å². The van der Waals surface area contributed by atoms with Gasteiger partial charge in [-0.1, -0.05) is 90.2 Å². The Bertz CT molecular complexity index is 446. The zero-order valence-electron chi connectivity index (χ0n) is 20.2. The van der Waals surface area contributed by atoms with Gasteiger partial charge in [-0.25, -0.2) is 0 Å². The molecule has 0 fully saturated rings. The molecule has 0 radical (unpaired) electrons. The lowest BCUT2D eigenvalue weighted by Crippen LogP contribution is -2.44. The fourth-order valence-corrected chi connectivity index (χ4v) is 5.75. The molecule has 2 unspecified atom stereocenters. The zero-order chi connectivity index (χ0) is 22.0. The summed E-state index contributed by atoms with van der Waals surface area (Å²) in [6.07, 6.45) is 23.0. The molecule has 0 rings (SSSR count). The lowest BCUT2D eigenvalue weighted by atomic mass is 10.1. The van der Waals surface area contributed by atoms with Gasteiger partial charge in [0.1, 0.15) is 0 Å². The average molecular weight is 433 g/mol. The number of unbranched alkanes of at least 4 members (excludes halogenated alkanes) is 12. The van der Waals surface area contributed by atoms with E-state index in [1.807, 2.05) is 28.1 Å². The van der Waals surface area contributed by atoms with E-state index < -0.39 is 7.60 Å². The Kier molecular flexibility index (Phi) is 17.4. The highest BCUT2D eigenvalue weighted by Gasteiger charge is 2.41. The highest BCUT2D eigenvalue weighted by molar-refractivity contribution is 7.53. The van der Waals surface area contributed by atoms with Crippen LogP contribution in [0.5, 0.6) is 0 Å². The molecule has 0 aromatic rings.